The Morgan fingerprint density at radius 3 is 2.89 bits per heavy atom. The molecule has 0 saturated carbocycles. The fourth-order valence-corrected chi connectivity index (χ4v) is 2.22. The van der Waals surface area contributed by atoms with Crippen molar-refractivity contribution in [3.63, 3.8) is 0 Å². The molecule has 0 spiro atoms. The van der Waals surface area contributed by atoms with Crippen molar-refractivity contribution in [2.75, 3.05) is 6.61 Å². The van der Waals surface area contributed by atoms with Crippen molar-refractivity contribution in [1.82, 2.24) is 4.98 Å². The number of carbonyl (C=O) groups excluding carboxylic acids is 1. The summed E-state index contributed by atoms with van der Waals surface area (Å²) in [6, 6.07) is 1.67. The van der Waals surface area contributed by atoms with Crippen LogP contribution in [-0.2, 0) is 4.74 Å². The number of aromatic nitrogens is 1. The number of ether oxygens (including phenoxy) is 2. The highest BCUT2D eigenvalue weighted by Gasteiger charge is 2.18. The van der Waals surface area contributed by atoms with Crippen LogP contribution < -0.4 is 4.74 Å². The number of hydrogen-bond acceptors (Lipinski definition) is 4. The maximum absolute atomic E-state index is 11.7. The van der Waals surface area contributed by atoms with Gasteiger partial charge in [-0.15, -0.1) is 0 Å². The lowest BCUT2D eigenvalue weighted by atomic mass is 10.2. The molecule has 0 fully saturated rings. The molecule has 1 unspecified atom stereocenters. The first-order valence-electron chi connectivity index (χ1n) is 5.80. The Labute approximate surface area is 109 Å². The number of nitrogens with zero attached hydrogens (tertiary/aromatic N) is 1. The summed E-state index contributed by atoms with van der Waals surface area (Å²) in [5, 5.41) is 0. The molecule has 4 nitrogen and oxygen atoms in total. The van der Waals surface area contributed by atoms with E-state index >= 15 is 0 Å². The van der Waals surface area contributed by atoms with E-state index in [0.717, 1.165) is 0 Å². The van der Waals surface area contributed by atoms with Crippen LogP contribution >= 0.6 is 0 Å². The van der Waals surface area contributed by atoms with Crippen molar-refractivity contribution in [1.29, 1.82) is 0 Å². The van der Waals surface area contributed by atoms with Gasteiger partial charge in [0.15, 0.2) is 0 Å². The normalized spacial score (nSPS) is 12.0. The maximum atomic E-state index is 11.7. The van der Waals surface area contributed by atoms with Crippen molar-refractivity contribution in [2.24, 2.45) is 0 Å². The third-order valence-corrected chi connectivity index (χ3v) is 3.81. The van der Waals surface area contributed by atoms with Gasteiger partial charge in [-0.05, 0) is 13.0 Å². The highest BCUT2D eigenvalue weighted by molar-refractivity contribution is 6.57. The van der Waals surface area contributed by atoms with Crippen LogP contribution in [0.5, 0.6) is 5.75 Å². The van der Waals surface area contributed by atoms with Crippen LogP contribution in [0.2, 0.25) is 13.1 Å². The first-order valence-corrected chi connectivity index (χ1v) is 8.38. The fourth-order valence-electron chi connectivity index (χ4n) is 1.39. The molecule has 1 atom stereocenters. The first kappa shape index (κ1) is 14.4. The molecule has 1 rings (SSSR count). The summed E-state index contributed by atoms with van der Waals surface area (Å²) in [5.74, 6) is 0.0870. The lowest BCUT2D eigenvalue weighted by molar-refractivity contribution is 0.0521. The van der Waals surface area contributed by atoms with Gasteiger partial charge in [-0.1, -0.05) is 25.7 Å². The van der Waals surface area contributed by atoms with Crippen molar-refractivity contribution < 1.29 is 14.3 Å². The van der Waals surface area contributed by atoms with E-state index in [4.69, 9.17) is 9.47 Å². The smallest absolute Gasteiger partial charge is 0.343 e. The molecule has 0 aliphatic carbocycles. The van der Waals surface area contributed by atoms with Gasteiger partial charge in [0, 0.05) is 12.4 Å². The van der Waals surface area contributed by atoms with Gasteiger partial charge in [0.25, 0.3) is 0 Å². The molecule has 1 aromatic rings. The maximum Gasteiger partial charge on any atom is 0.343 e. The Morgan fingerprint density at radius 1 is 1.61 bits per heavy atom. The summed E-state index contributed by atoms with van der Waals surface area (Å²) in [4.78, 5) is 15.7. The molecule has 1 aromatic heterocycles. The second kappa shape index (κ2) is 6.96. The van der Waals surface area contributed by atoms with Crippen LogP contribution in [-0.4, -0.2) is 32.1 Å². The summed E-state index contributed by atoms with van der Waals surface area (Å²) >= 11 is 0. The molecule has 0 saturated heterocycles. The van der Waals surface area contributed by atoms with Crippen LogP contribution in [0.25, 0.3) is 0 Å². The summed E-state index contributed by atoms with van der Waals surface area (Å²) in [7, 11) is -0.688. The van der Waals surface area contributed by atoms with Gasteiger partial charge in [-0.2, -0.15) is 0 Å². The van der Waals surface area contributed by atoms with Crippen LogP contribution in [0.1, 0.15) is 17.3 Å². The SMILES string of the molecule is C=CC(Oc1ccncc1C(=O)OCC)[Si](C)C. The third-order valence-electron chi connectivity index (χ3n) is 2.31. The van der Waals surface area contributed by atoms with E-state index in [9.17, 15) is 4.79 Å². The van der Waals surface area contributed by atoms with Crippen LogP contribution in [0, 0.1) is 0 Å². The summed E-state index contributed by atoms with van der Waals surface area (Å²) in [6.07, 6.45) is 4.82. The lowest BCUT2D eigenvalue weighted by Crippen LogP contribution is -2.29. The Morgan fingerprint density at radius 2 is 2.33 bits per heavy atom. The molecule has 0 aromatic carbocycles. The van der Waals surface area contributed by atoms with Crippen LogP contribution in [0.15, 0.2) is 31.1 Å². The van der Waals surface area contributed by atoms with Crippen molar-refractivity contribution in [3.05, 3.63) is 36.7 Å². The Balaban J connectivity index is 2.94. The Kier molecular flexibility index (Phi) is 5.58. The molecule has 0 N–H and O–H groups in total. The molecule has 1 heterocycles. The zero-order valence-corrected chi connectivity index (χ0v) is 12.0. The number of rotatable bonds is 6. The van der Waals surface area contributed by atoms with Crippen molar-refractivity contribution in [3.8, 4) is 5.75 Å². The van der Waals surface area contributed by atoms with Crippen molar-refractivity contribution in [2.45, 2.75) is 25.7 Å². The van der Waals surface area contributed by atoms with Gasteiger partial charge >= 0.3 is 5.97 Å². The average Bonchev–Trinajstić information content (AvgIpc) is 2.36. The van der Waals surface area contributed by atoms with E-state index < -0.39 is 14.8 Å². The van der Waals surface area contributed by atoms with E-state index in [-0.39, 0.29) is 5.73 Å². The summed E-state index contributed by atoms with van der Waals surface area (Å²) < 4.78 is 10.8. The lowest BCUT2D eigenvalue weighted by Gasteiger charge is -2.19. The number of hydrogen-bond donors (Lipinski definition) is 0. The molecular formula is C13H18NO3Si. The highest BCUT2D eigenvalue weighted by Crippen LogP contribution is 2.20. The van der Waals surface area contributed by atoms with Gasteiger partial charge < -0.3 is 9.47 Å². The third kappa shape index (κ3) is 3.70. The second-order valence-corrected chi connectivity index (χ2v) is 6.67. The minimum absolute atomic E-state index is 0.0504. The Hall–Kier alpha value is -1.62. The molecule has 0 bridgehead atoms. The van der Waals surface area contributed by atoms with Crippen LogP contribution in [0.3, 0.4) is 0 Å². The minimum atomic E-state index is -0.688. The minimum Gasteiger partial charge on any atom is -0.489 e. The monoisotopic (exact) mass is 264 g/mol. The zero-order valence-electron chi connectivity index (χ0n) is 11.0. The number of esters is 1. The average molecular weight is 264 g/mol. The van der Waals surface area contributed by atoms with E-state index in [0.29, 0.717) is 17.9 Å². The molecule has 0 amide bonds. The molecule has 18 heavy (non-hydrogen) atoms. The largest absolute Gasteiger partial charge is 0.489 e. The molecule has 97 valence electrons. The predicted octanol–water partition coefficient (Wildman–Crippen LogP) is 2.49. The van der Waals surface area contributed by atoms with E-state index in [1.807, 2.05) is 0 Å². The molecule has 0 aliphatic rings. The number of pyridine rings is 1. The van der Waals surface area contributed by atoms with Gasteiger partial charge in [0.1, 0.15) is 17.0 Å². The number of carbonyl (C=O) groups is 1. The van der Waals surface area contributed by atoms with Gasteiger partial charge in [0.05, 0.1) is 15.4 Å². The van der Waals surface area contributed by atoms with Crippen LogP contribution in [0.4, 0.5) is 0 Å². The van der Waals surface area contributed by atoms with Gasteiger partial charge in [0.2, 0.25) is 0 Å². The predicted molar refractivity (Wildman–Crippen MR) is 72.3 cm³/mol. The van der Waals surface area contributed by atoms with E-state index in [1.165, 1.54) is 6.20 Å². The first-order chi connectivity index (χ1) is 8.60. The standard InChI is InChI=1S/C13H18NO3Si/c1-5-12(18(3)4)17-11-7-8-14-9-10(11)13(15)16-6-2/h5,7-9,12H,1,6H2,2-4H3. The zero-order chi connectivity index (χ0) is 13.5. The Bertz CT molecular complexity index is 420. The van der Waals surface area contributed by atoms with Gasteiger partial charge in [-0.3, -0.25) is 4.98 Å². The molecule has 5 heteroatoms. The summed E-state index contributed by atoms with van der Waals surface area (Å²) in [5.41, 5.74) is 0.306. The highest BCUT2D eigenvalue weighted by atomic mass is 28.3. The molecule has 1 radical (unpaired) electrons. The van der Waals surface area contributed by atoms with Gasteiger partial charge in [-0.25, -0.2) is 4.79 Å². The van der Waals surface area contributed by atoms with Crippen molar-refractivity contribution >= 4 is 14.8 Å². The quantitative estimate of drug-likeness (QED) is 0.450. The topological polar surface area (TPSA) is 48.4 Å². The van der Waals surface area contributed by atoms with E-state index in [1.54, 1.807) is 25.3 Å². The van der Waals surface area contributed by atoms with E-state index in [2.05, 4.69) is 24.7 Å². The fraction of sp³-hybridized carbons (Fsp3) is 0.385. The second-order valence-electron chi connectivity index (χ2n) is 3.94. The molecular weight excluding hydrogens is 246 g/mol. The summed E-state index contributed by atoms with van der Waals surface area (Å²) in [6.45, 7) is 10.1. The molecule has 0 aliphatic heterocycles.